The second-order valence-corrected chi connectivity index (χ2v) is 6.51. The summed E-state index contributed by atoms with van der Waals surface area (Å²) < 4.78 is 20.8. The van der Waals surface area contributed by atoms with Gasteiger partial charge in [0.2, 0.25) is 0 Å². The van der Waals surface area contributed by atoms with E-state index in [0.717, 1.165) is 5.56 Å². The number of methoxy groups -OCH3 is 3. The van der Waals surface area contributed by atoms with Gasteiger partial charge in [0.15, 0.2) is 28.8 Å². The molecular formula is C21H22O7. The molecule has 148 valence electrons. The Hall–Kier alpha value is -3.22. The van der Waals surface area contributed by atoms with Crippen molar-refractivity contribution >= 4 is 11.8 Å². The first kappa shape index (κ1) is 19.5. The third-order valence-electron chi connectivity index (χ3n) is 4.86. The summed E-state index contributed by atoms with van der Waals surface area (Å²) >= 11 is 0. The highest BCUT2D eigenvalue weighted by Crippen LogP contribution is 2.34. The zero-order valence-electron chi connectivity index (χ0n) is 15.9. The Balaban J connectivity index is 1.84. The van der Waals surface area contributed by atoms with Gasteiger partial charge in [0.1, 0.15) is 5.92 Å². The number of hydrogen-bond donors (Lipinski definition) is 1. The van der Waals surface area contributed by atoms with Crippen molar-refractivity contribution < 1.29 is 33.6 Å². The first-order chi connectivity index (χ1) is 13.5. The van der Waals surface area contributed by atoms with Gasteiger partial charge in [0.05, 0.1) is 27.9 Å². The molecule has 7 heteroatoms. The molecule has 0 radical (unpaired) electrons. The van der Waals surface area contributed by atoms with Gasteiger partial charge in [-0.05, 0) is 42.3 Å². The van der Waals surface area contributed by atoms with Gasteiger partial charge >= 0.3 is 5.97 Å². The number of carbonyl (C=O) groups is 2. The molecule has 0 bridgehead atoms. The third-order valence-corrected chi connectivity index (χ3v) is 4.86. The molecule has 3 rings (SSSR count). The molecular weight excluding hydrogens is 364 g/mol. The molecule has 0 saturated carbocycles. The molecule has 0 aromatic heterocycles. The van der Waals surface area contributed by atoms with Crippen molar-refractivity contribution in [3.8, 4) is 23.0 Å². The SMILES string of the molecule is COc1cc(C(=O)[C@H]2C(=O)OC[C@@H]2Cc2ccc(OC)c(OC)c2)ccc1O. The van der Waals surface area contributed by atoms with Gasteiger partial charge in [-0.2, -0.15) is 0 Å². The molecule has 2 atom stereocenters. The van der Waals surface area contributed by atoms with Crippen LogP contribution in [0.3, 0.4) is 0 Å². The molecule has 1 fully saturated rings. The van der Waals surface area contributed by atoms with Gasteiger partial charge < -0.3 is 24.1 Å². The first-order valence-corrected chi connectivity index (χ1v) is 8.77. The molecule has 1 heterocycles. The number of benzene rings is 2. The van der Waals surface area contributed by atoms with Crippen molar-refractivity contribution in [2.75, 3.05) is 27.9 Å². The number of hydrogen-bond acceptors (Lipinski definition) is 7. The van der Waals surface area contributed by atoms with Gasteiger partial charge in [0, 0.05) is 11.5 Å². The maximum Gasteiger partial charge on any atom is 0.317 e. The van der Waals surface area contributed by atoms with Crippen LogP contribution in [0.2, 0.25) is 0 Å². The van der Waals surface area contributed by atoms with Crippen LogP contribution in [0.4, 0.5) is 0 Å². The number of aromatic hydroxyl groups is 1. The quantitative estimate of drug-likeness (QED) is 0.444. The first-order valence-electron chi connectivity index (χ1n) is 8.77. The van der Waals surface area contributed by atoms with Crippen molar-refractivity contribution in [2.45, 2.75) is 6.42 Å². The second kappa shape index (κ2) is 8.21. The fraction of sp³-hybridized carbons (Fsp3) is 0.333. The van der Waals surface area contributed by atoms with E-state index in [1.54, 1.807) is 20.3 Å². The summed E-state index contributed by atoms with van der Waals surface area (Å²) in [5.41, 5.74) is 1.19. The molecule has 0 aliphatic carbocycles. The molecule has 28 heavy (non-hydrogen) atoms. The smallest absolute Gasteiger partial charge is 0.317 e. The number of rotatable bonds is 7. The normalized spacial score (nSPS) is 18.5. The van der Waals surface area contributed by atoms with E-state index in [2.05, 4.69) is 0 Å². The molecule has 0 amide bonds. The number of phenols is 1. The third kappa shape index (κ3) is 3.74. The zero-order valence-corrected chi connectivity index (χ0v) is 15.9. The number of esters is 1. The van der Waals surface area contributed by atoms with Crippen molar-refractivity contribution in [3.05, 3.63) is 47.5 Å². The van der Waals surface area contributed by atoms with Crippen LogP contribution in [0.15, 0.2) is 36.4 Å². The number of cyclic esters (lactones) is 1. The van der Waals surface area contributed by atoms with Gasteiger partial charge in [-0.15, -0.1) is 0 Å². The average Bonchev–Trinajstić information content (AvgIpc) is 3.07. The van der Waals surface area contributed by atoms with E-state index in [1.807, 2.05) is 12.1 Å². The van der Waals surface area contributed by atoms with Crippen LogP contribution in [0.1, 0.15) is 15.9 Å². The predicted octanol–water partition coefficient (Wildman–Crippen LogP) is 2.63. The summed E-state index contributed by atoms with van der Waals surface area (Å²) in [6.07, 6.45) is 0.470. The van der Waals surface area contributed by atoms with Crippen molar-refractivity contribution in [1.82, 2.24) is 0 Å². The Bertz CT molecular complexity index is 890. The summed E-state index contributed by atoms with van der Waals surface area (Å²) in [5.74, 6) is -0.831. The molecule has 7 nitrogen and oxygen atoms in total. The highest BCUT2D eigenvalue weighted by Gasteiger charge is 2.42. The fourth-order valence-electron chi connectivity index (χ4n) is 3.39. The molecule has 1 N–H and O–H groups in total. The predicted molar refractivity (Wildman–Crippen MR) is 100 cm³/mol. The number of Topliss-reactive ketones (excluding diaryl/α,β-unsaturated/α-hetero) is 1. The Morgan fingerprint density at radius 2 is 1.75 bits per heavy atom. The molecule has 1 saturated heterocycles. The Kier molecular flexibility index (Phi) is 5.73. The van der Waals surface area contributed by atoms with Crippen molar-refractivity contribution in [1.29, 1.82) is 0 Å². The minimum atomic E-state index is -0.914. The number of carbonyl (C=O) groups excluding carboxylic acids is 2. The van der Waals surface area contributed by atoms with Crippen LogP contribution in [-0.2, 0) is 16.0 Å². The van der Waals surface area contributed by atoms with Crippen LogP contribution >= 0.6 is 0 Å². The van der Waals surface area contributed by atoms with E-state index in [4.69, 9.17) is 18.9 Å². The van der Waals surface area contributed by atoms with Gasteiger partial charge in [-0.3, -0.25) is 9.59 Å². The van der Waals surface area contributed by atoms with E-state index >= 15 is 0 Å². The lowest BCUT2D eigenvalue weighted by Gasteiger charge is -2.16. The highest BCUT2D eigenvalue weighted by atomic mass is 16.5. The topological polar surface area (TPSA) is 91.3 Å². The summed E-state index contributed by atoms with van der Waals surface area (Å²) in [5, 5.41) is 9.72. The van der Waals surface area contributed by atoms with Gasteiger partial charge in [-0.25, -0.2) is 0 Å². The minimum absolute atomic E-state index is 0.0741. The number of ketones is 1. The minimum Gasteiger partial charge on any atom is -0.504 e. The van der Waals surface area contributed by atoms with Crippen molar-refractivity contribution in [2.24, 2.45) is 11.8 Å². The zero-order chi connectivity index (χ0) is 20.3. The Morgan fingerprint density at radius 3 is 2.43 bits per heavy atom. The fourth-order valence-corrected chi connectivity index (χ4v) is 3.39. The number of phenolic OH excluding ortho intramolecular Hbond substituents is 1. The van der Waals surface area contributed by atoms with Crippen LogP contribution in [-0.4, -0.2) is 44.8 Å². The monoisotopic (exact) mass is 386 g/mol. The summed E-state index contributed by atoms with van der Waals surface area (Å²) in [6.45, 7) is 0.165. The Morgan fingerprint density at radius 1 is 1.04 bits per heavy atom. The van der Waals surface area contributed by atoms with E-state index in [-0.39, 0.29) is 35.4 Å². The molecule has 1 aliphatic rings. The molecule has 0 unspecified atom stereocenters. The standard InChI is InChI=1S/C21H22O7/c1-25-16-7-4-12(9-18(16)27-3)8-14-11-28-21(24)19(14)20(23)13-5-6-15(22)17(10-13)26-2/h4-7,9-10,14,19,22H,8,11H2,1-3H3/t14-,19-/m0/s1. The number of ether oxygens (including phenoxy) is 4. The maximum absolute atomic E-state index is 13.0. The summed E-state index contributed by atoms with van der Waals surface area (Å²) in [7, 11) is 4.50. The van der Waals surface area contributed by atoms with Gasteiger partial charge in [-0.1, -0.05) is 6.07 Å². The van der Waals surface area contributed by atoms with E-state index < -0.39 is 11.9 Å². The molecule has 0 spiro atoms. The highest BCUT2D eigenvalue weighted by molar-refractivity contribution is 6.09. The lowest BCUT2D eigenvalue weighted by atomic mass is 9.84. The van der Waals surface area contributed by atoms with Crippen LogP contribution in [0.25, 0.3) is 0 Å². The maximum atomic E-state index is 13.0. The van der Waals surface area contributed by atoms with Gasteiger partial charge in [0.25, 0.3) is 0 Å². The summed E-state index contributed by atoms with van der Waals surface area (Å²) in [6, 6.07) is 9.75. The van der Waals surface area contributed by atoms with Crippen LogP contribution in [0, 0.1) is 11.8 Å². The lowest BCUT2D eigenvalue weighted by molar-refractivity contribution is -0.140. The Labute approximate surface area is 162 Å². The van der Waals surface area contributed by atoms with Crippen LogP contribution < -0.4 is 14.2 Å². The average molecular weight is 386 g/mol. The van der Waals surface area contributed by atoms with Crippen molar-refractivity contribution in [3.63, 3.8) is 0 Å². The van der Waals surface area contributed by atoms with E-state index in [1.165, 1.54) is 25.3 Å². The molecule has 1 aliphatic heterocycles. The molecule has 2 aromatic carbocycles. The molecule has 2 aromatic rings. The largest absolute Gasteiger partial charge is 0.504 e. The lowest BCUT2D eigenvalue weighted by Crippen LogP contribution is -2.27. The van der Waals surface area contributed by atoms with E-state index in [9.17, 15) is 14.7 Å². The van der Waals surface area contributed by atoms with Crippen LogP contribution in [0.5, 0.6) is 23.0 Å². The summed E-state index contributed by atoms with van der Waals surface area (Å²) in [4.78, 5) is 25.2. The van der Waals surface area contributed by atoms with E-state index in [0.29, 0.717) is 17.9 Å². The second-order valence-electron chi connectivity index (χ2n) is 6.51.